The summed E-state index contributed by atoms with van der Waals surface area (Å²) in [6, 6.07) is 18.1. The molecule has 0 bridgehead atoms. The minimum Gasteiger partial charge on any atom is -0.179 e. The predicted molar refractivity (Wildman–Crippen MR) is 114 cm³/mol. The molecule has 27 heavy (non-hydrogen) atoms. The Morgan fingerprint density at radius 2 is 1.67 bits per heavy atom. The Bertz CT molecular complexity index is 799. The maximum Gasteiger partial charge on any atom is -0.0253 e. The zero-order chi connectivity index (χ0) is 20.0. The van der Waals surface area contributed by atoms with E-state index in [1.807, 2.05) is 6.07 Å². The van der Waals surface area contributed by atoms with Crippen molar-refractivity contribution in [1.29, 1.82) is 0 Å². The van der Waals surface area contributed by atoms with Crippen LogP contribution in [0.1, 0.15) is 52.7 Å². The second kappa shape index (κ2) is 9.74. The molecule has 0 radical (unpaired) electrons. The fourth-order valence-corrected chi connectivity index (χ4v) is 3.05. The molecule has 0 aromatic heterocycles. The van der Waals surface area contributed by atoms with E-state index < -0.39 is 0 Å². The van der Waals surface area contributed by atoms with Crippen molar-refractivity contribution in [3.63, 3.8) is 0 Å². The van der Waals surface area contributed by atoms with Crippen LogP contribution in [0.2, 0.25) is 0 Å². The van der Waals surface area contributed by atoms with Gasteiger partial charge in [-0.1, -0.05) is 74.4 Å². The van der Waals surface area contributed by atoms with Crippen LogP contribution in [-0.2, 0) is 30.7 Å². The van der Waals surface area contributed by atoms with Gasteiger partial charge in [0.2, 0.25) is 0 Å². The van der Waals surface area contributed by atoms with Crippen molar-refractivity contribution in [3.8, 4) is 11.1 Å². The van der Waals surface area contributed by atoms with Crippen LogP contribution in [0.4, 0.5) is 0 Å². The minimum atomic E-state index is 0.303. The molecule has 0 fully saturated rings. The first kappa shape index (κ1) is 22.0. The van der Waals surface area contributed by atoms with Crippen molar-refractivity contribution in [2.45, 2.75) is 48.0 Å². The van der Waals surface area contributed by atoms with E-state index in [9.17, 15) is 0 Å². The second-order valence-corrected chi connectivity index (χ2v) is 10.8. The average Bonchev–Trinajstić information content (AvgIpc) is 3.18. The van der Waals surface area contributed by atoms with Crippen LogP contribution in [0.5, 0.6) is 0 Å². The van der Waals surface area contributed by atoms with Gasteiger partial charge in [-0.15, -0.1) is 5.56 Å². The Hall–Kier alpha value is -1.33. The van der Waals surface area contributed by atoms with Gasteiger partial charge in [0.25, 0.3) is 0 Å². The molecule has 0 saturated carbocycles. The Balaban J connectivity index is 0.000000167. The van der Waals surface area contributed by atoms with Gasteiger partial charge in [-0.2, -0.15) is 41.5 Å². The molecule has 2 aliphatic carbocycles. The summed E-state index contributed by atoms with van der Waals surface area (Å²) in [6.45, 7) is 13.1. The molecule has 0 amide bonds. The number of benzene rings is 2. The van der Waals surface area contributed by atoms with Crippen LogP contribution >= 0.6 is 0 Å². The molecule has 138 valence electrons. The van der Waals surface area contributed by atoms with Crippen LogP contribution < -0.4 is 0 Å². The molecule has 0 saturated heterocycles. The van der Waals surface area contributed by atoms with Gasteiger partial charge in [-0.25, -0.2) is 6.08 Å². The molecular formula is C26H30Zr. The molecule has 0 aliphatic heterocycles. The Labute approximate surface area is 180 Å². The van der Waals surface area contributed by atoms with Gasteiger partial charge in [0, 0.05) is 0 Å². The first-order chi connectivity index (χ1) is 12.7. The summed E-state index contributed by atoms with van der Waals surface area (Å²) in [6.07, 6.45) is 8.70. The van der Waals surface area contributed by atoms with Crippen molar-refractivity contribution in [3.05, 3.63) is 83.5 Å². The zero-order valence-electron chi connectivity index (χ0n) is 17.5. The van der Waals surface area contributed by atoms with Crippen LogP contribution in [0.3, 0.4) is 0 Å². The number of rotatable bonds is 0. The van der Waals surface area contributed by atoms with Crippen molar-refractivity contribution in [1.82, 2.24) is 0 Å². The Kier molecular flexibility index (Phi) is 7.93. The van der Waals surface area contributed by atoms with Crippen molar-refractivity contribution < 1.29 is 24.2 Å². The topological polar surface area (TPSA) is 0 Å². The van der Waals surface area contributed by atoms with E-state index in [1.54, 1.807) is 24.2 Å². The summed E-state index contributed by atoms with van der Waals surface area (Å²) in [7, 11) is 0. The van der Waals surface area contributed by atoms with E-state index in [2.05, 4.69) is 102 Å². The van der Waals surface area contributed by atoms with Gasteiger partial charge in [0.05, 0.1) is 0 Å². The van der Waals surface area contributed by atoms with Crippen LogP contribution in [0, 0.1) is 23.5 Å². The van der Waals surface area contributed by atoms with E-state index >= 15 is 0 Å². The summed E-state index contributed by atoms with van der Waals surface area (Å²) < 4.78 is 1.51. The van der Waals surface area contributed by atoms with Gasteiger partial charge in [-0.3, -0.25) is 6.08 Å². The quantitative estimate of drug-likeness (QED) is 0.343. The first-order valence-electron chi connectivity index (χ1n) is 9.59. The fraction of sp³-hybridized carbons (Fsp3) is 0.346. The van der Waals surface area contributed by atoms with Crippen molar-refractivity contribution in [2.75, 3.05) is 0 Å². The van der Waals surface area contributed by atoms with Crippen LogP contribution in [-0.4, -0.2) is 3.21 Å². The van der Waals surface area contributed by atoms with Gasteiger partial charge in [0.15, 0.2) is 0 Å². The molecule has 1 heteroatoms. The predicted octanol–water partition coefficient (Wildman–Crippen LogP) is 6.77. The van der Waals surface area contributed by atoms with Gasteiger partial charge < -0.3 is 0 Å². The second-order valence-electron chi connectivity index (χ2n) is 8.37. The third-order valence-electron chi connectivity index (χ3n) is 4.41. The van der Waals surface area contributed by atoms with Crippen molar-refractivity contribution >= 4 is 3.21 Å². The zero-order valence-corrected chi connectivity index (χ0v) is 19.9. The van der Waals surface area contributed by atoms with Crippen LogP contribution in [0.15, 0.2) is 60.2 Å². The smallest absolute Gasteiger partial charge is 0.0253 e. The molecule has 1 unspecified atom stereocenters. The van der Waals surface area contributed by atoms with E-state index in [4.69, 9.17) is 0 Å². The van der Waals surface area contributed by atoms with Crippen LogP contribution in [0.25, 0.3) is 11.1 Å². The molecule has 0 spiro atoms. The molecule has 1 atom stereocenters. The number of allylic oxidation sites excluding steroid dienone is 4. The molecule has 0 nitrogen and oxygen atoms in total. The molecule has 2 aromatic carbocycles. The molecule has 2 aromatic rings. The minimum absolute atomic E-state index is 0.303. The molecule has 0 heterocycles. The van der Waals surface area contributed by atoms with E-state index in [1.165, 1.54) is 31.0 Å². The molecule has 4 rings (SSSR count). The summed E-state index contributed by atoms with van der Waals surface area (Å²) in [4.78, 5) is 0. The largest absolute Gasteiger partial charge is 0.179 e. The monoisotopic (exact) mass is 432 g/mol. The normalized spacial score (nSPS) is 16.3. The average molecular weight is 434 g/mol. The maximum absolute atomic E-state index is 3.30. The van der Waals surface area contributed by atoms with Gasteiger partial charge in [-0.05, 0) is 6.42 Å². The molecular weight excluding hydrogens is 404 g/mol. The SMILES string of the molecule is CC1[C-]=CC(C(C)(C)C)=C1.C[C](C)=[Zr+2].[c-]1cccc2c1Cc1ccccc1-2. The summed E-state index contributed by atoms with van der Waals surface area (Å²) in [5, 5.41) is 0. The maximum atomic E-state index is 3.30. The van der Waals surface area contributed by atoms with E-state index in [0.717, 1.165) is 6.42 Å². The standard InChI is InChI=1S/C13H9.C10H15.C3H6.Zr/c1-3-7-12-10(5-1)9-11-6-2-4-8-13(11)12;1-8-5-6-9(7-8)10(2,3)4;1-3-2;/h1-5,7-8H,9H2;6-8H,1-4H3;1-2H3;/q2*-1;;+2. The van der Waals surface area contributed by atoms with E-state index in [0.29, 0.717) is 11.3 Å². The fourth-order valence-electron chi connectivity index (χ4n) is 3.05. The van der Waals surface area contributed by atoms with E-state index in [-0.39, 0.29) is 0 Å². The Morgan fingerprint density at radius 1 is 1.04 bits per heavy atom. The summed E-state index contributed by atoms with van der Waals surface area (Å²) in [5.41, 5.74) is 7.23. The number of fused-ring (bicyclic) bond motifs is 3. The number of hydrogen-bond acceptors (Lipinski definition) is 0. The first-order valence-corrected chi connectivity index (χ1v) is 10.8. The van der Waals surface area contributed by atoms with Gasteiger partial charge >= 0.3 is 41.3 Å². The third-order valence-corrected chi connectivity index (χ3v) is 4.41. The molecule has 2 aliphatic rings. The van der Waals surface area contributed by atoms with Crippen molar-refractivity contribution in [2.24, 2.45) is 11.3 Å². The number of hydrogen-bond donors (Lipinski definition) is 0. The van der Waals surface area contributed by atoms with Gasteiger partial charge in [0.1, 0.15) is 0 Å². The Morgan fingerprint density at radius 3 is 2.22 bits per heavy atom. The third kappa shape index (κ3) is 6.65. The molecule has 0 N–H and O–H groups in total. The summed E-state index contributed by atoms with van der Waals surface area (Å²) in [5.74, 6) is 0.522. The summed E-state index contributed by atoms with van der Waals surface area (Å²) >= 11 is 1.55.